The third-order valence-electron chi connectivity index (χ3n) is 6.81. The first kappa shape index (κ1) is 23.8. The second kappa shape index (κ2) is 9.50. The van der Waals surface area contributed by atoms with Gasteiger partial charge < -0.3 is 15.5 Å². The lowest BCUT2D eigenvalue weighted by atomic mass is 9.75. The van der Waals surface area contributed by atoms with Crippen LogP contribution in [0.25, 0.3) is 0 Å². The van der Waals surface area contributed by atoms with Crippen molar-refractivity contribution in [1.29, 1.82) is 0 Å². The summed E-state index contributed by atoms with van der Waals surface area (Å²) in [4.78, 5) is 39.6. The van der Waals surface area contributed by atoms with Gasteiger partial charge in [0.05, 0.1) is 5.92 Å². The molecular weight excluding hydrogens is 442 g/mol. The molecule has 7 nitrogen and oxygen atoms in total. The number of likely N-dealkylation sites (tertiary alicyclic amines) is 1. The van der Waals surface area contributed by atoms with E-state index in [9.17, 15) is 23.2 Å². The number of nitrogens with one attached hydrogen (secondary N) is 3. The Bertz CT molecular complexity index is 1120. The molecule has 0 saturated carbocycles. The molecule has 180 valence electrons. The van der Waals surface area contributed by atoms with E-state index in [0.717, 1.165) is 36.2 Å². The Balaban J connectivity index is 1.48. The lowest BCUT2D eigenvalue weighted by Crippen LogP contribution is -2.57. The van der Waals surface area contributed by atoms with Gasteiger partial charge >= 0.3 is 6.03 Å². The third-order valence-corrected chi connectivity index (χ3v) is 6.81. The summed E-state index contributed by atoms with van der Waals surface area (Å²) >= 11 is 0. The second-order valence-electron chi connectivity index (χ2n) is 9.25. The van der Waals surface area contributed by atoms with Gasteiger partial charge in [0.1, 0.15) is 11.6 Å². The van der Waals surface area contributed by atoms with Crippen molar-refractivity contribution in [2.45, 2.75) is 44.7 Å². The number of likely N-dealkylation sites (N-methyl/N-ethyl adjacent to an activating group) is 1. The van der Waals surface area contributed by atoms with Crippen molar-refractivity contribution in [3.63, 3.8) is 0 Å². The van der Waals surface area contributed by atoms with Crippen LogP contribution in [0.5, 0.6) is 0 Å². The highest BCUT2D eigenvalue weighted by Crippen LogP contribution is 2.39. The Morgan fingerprint density at radius 2 is 1.79 bits per heavy atom. The van der Waals surface area contributed by atoms with Gasteiger partial charge in [0.25, 0.3) is 5.91 Å². The summed E-state index contributed by atoms with van der Waals surface area (Å²) in [5.74, 6) is -2.70. The smallest absolute Gasteiger partial charge is 0.326 e. The molecule has 2 aromatic rings. The number of hydrogen-bond donors (Lipinski definition) is 3. The van der Waals surface area contributed by atoms with Gasteiger partial charge in [-0.25, -0.2) is 13.6 Å². The van der Waals surface area contributed by atoms with Crippen molar-refractivity contribution in [3.05, 3.63) is 64.7 Å². The monoisotopic (exact) mass is 470 g/mol. The number of hydrogen-bond acceptors (Lipinski definition) is 4. The quantitative estimate of drug-likeness (QED) is 0.640. The minimum Gasteiger partial charge on any atom is -0.342 e. The first-order chi connectivity index (χ1) is 16.1. The maximum Gasteiger partial charge on any atom is 0.326 e. The van der Waals surface area contributed by atoms with E-state index >= 15 is 0 Å². The van der Waals surface area contributed by atoms with Crippen LogP contribution in [0.4, 0.5) is 19.3 Å². The Morgan fingerprint density at radius 3 is 2.50 bits per heavy atom. The molecule has 0 bridgehead atoms. The van der Waals surface area contributed by atoms with Crippen LogP contribution in [-0.4, -0.2) is 48.4 Å². The van der Waals surface area contributed by atoms with Crippen LogP contribution >= 0.6 is 0 Å². The zero-order chi connectivity index (χ0) is 24.6. The Morgan fingerprint density at radius 1 is 1.09 bits per heavy atom. The van der Waals surface area contributed by atoms with Crippen molar-refractivity contribution in [1.82, 2.24) is 15.5 Å². The predicted octanol–water partition coefficient (Wildman–Crippen LogP) is 3.55. The molecular formula is C25H28F2N4O3. The molecule has 4 amide bonds. The zero-order valence-electron chi connectivity index (χ0n) is 19.3. The second-order valence-corrected chi connectivity index (χ2v) is 9.25. The number of carbonyl (C=O) groups is 3. The molecule has 3 N–H and O–H groups in total. The van der Waals surface area contributed by atoms with E-state index in [0.29, 0.717) is 30.1 Å². The maximum absolute atomic E-state index is 13.4. The van der Waals surface area contributed by atoms with Gasteiger partial charge in [-0.2, -0.15) is 0 Å². The van der Waals surface area contributed by atoms with Gasteiger partial charge in [-0.15, -0.1) is 0 Å². The summed E-state index contributed by atoms with van der Waals surface area (Å²) in [5.41, 5.74) is 1.85. The number of rotatable bonds is 3. The van der Waals surface area contributed by atoms with E-state index in [1.165, 1.54) is 0 Å². The standard InChI is InChI=1S/C25H28F2N4O3/c1-13-4-5-19(29-25(34)30-23(32)15-7-17(26)10-18(27)8-15)11-20(13)21-9-16-12-28-14(2)6-22(16)31(3)24(21)33/h4-5,7-8,10-11,14,16,21-22,28H,6,9,12H2,1-3H3,(H2,29,30,32,34). The van der Waals surface area contributed by atoms with Crippen molar-refractivity contribution in [2.75, 3.05) is 18.9 Å². The Hall–Kier alpha value is -3.33. The fourth-order valence-corrected chi connectivity index (χ4v) is 5.03. The average Bonchev–Trinajstić information content (AvgIpc) is 2.77. The number of anilines is 1. The number of amides is 4. The minimum absolute atomic E-state index is 0.0587. The third kappa shape index (κ3) is 4.94. The Kier molecular flexibility index (Phi) is 6.65. The summed E-state index contributed by atoms with van der Waals surface area (Å²) in [6.07, 6.45) is 1.64. The maximum atomic E-state index is 13.4. The minimum atomic E-state index is -0.933. The van der Waals surface area contributed by atoms with Crippen molar-refractivity contribution < 1.29 is 23.2 Å². The summed E-state index contributed by atoms with van der Waals surface area (Å²) < 4.78 is 26.7. The van der Waals surface area contributed by atoms with Crippen molar-refractivity contribution in [3.8, 4) is 0 Å². The number of halogens is 2. The number of carbonyl (C=O) groups excluding carboxylic acids is 3. The molecule has 34 heavy (non-hydrogen) atoms. The normalized spacial score (nSPS) is 24.4. The molecule has 4 rings (SSSR count). The van der Waals surface area contributed by atoms with Crippen LogP contribution in [0.15, 0.2) is 36.4 Å². The summed E-state index contributed by atoms with van der Waals surface area (Å²) in [5, 5.41) is 8.13. The lowest BCUT2D eigenvalue weighted by molar-refractivity contribution is -0.140. The van der Waals surface area contributed by atoms with Gasteiger partial charge in [-0.1, -0.05) is 6.07 Å². The molecule has 0 aromatic heterocycles. The number of nitrogens with zero attached hydrogens (tertiary/aromatic N) is 1. The number of fused-ring (bicyclic) bond motifs is 1. The van der Waals surface area contributed by atoms with Crippen LogP contribution in [0.2, 0.25) is 0 Å². The van der Waals surface area contributed by atoms with E-state index in [-0.39, 0.29) is 23.4 Å². The molecule has 4 unspecified atom stereocenters. The average molecular weight is 471 g/mol. The topological polar surface area (TPSA) is 90.5 Å². The SMILES string of the molecule is Cc1ccc(NC(=O)NC(=O)c2cc(F)cc(F)c2)cc1C1CC2CNC(C)CC2N(C)C1=O. The first-order valence-corrected chi connectivity index (χ1v) is 11.3. The van der Waals surface area contributed by atoms with E-state index < -0.39 is 23.6 Å². The van der Waals surface area contributed by atoms with Crippen molar-refractivity contribution in [2.24, 2.45) is 5.92 Å². The molecule has 0 spiro atoms. The molecule has 2 heterocycles. The number of imide groups is 1. The highest BCUT2D eigenvalue weighted by atomic mass is 19.1. The molecule has 0 radical (unpaired) electrons. The molecule has 2 fully saturated rings. The molecule has 4 atom stereocenters. The lowest BCUT2D eigenvalue weighted by Gasteiger charge is -2.47. The van der Waals surface area contributed by atoms with E-state index in [1.807, 2.05) is 24.9 Å². The van der Waals surface area contributed by atoms with Gasteiger partial charge in [0.15, 0.2) is 0 Å². The molecule has 9 heteroatoms. The van der Waals surface area contributed by atoms with Gasteiger partial charge in [-0.3, -0.25) is 14.9 Å². The van der Waals surface area contributed by atoms with Crippen LogP contribution in [0.3, 0.4) is 0 Å². The molecule has 0 aliphatic carbocycles. The van der Waals surface area contributed by atoms with E-state index in [2.05, 4.69) is 22.9 Å². The largest absolute Gasteiger partial charge is 0.342 e. The first-order valence-electron chi connectivity index (χ1n) is 11.3. The van der Waals surface area contributed by atoms with Crippen LogP contribution in [0, 0.1) is 24.5 Å². The molecule has 2 aromatic carbocycles. The summed E-state index contributed by atoms with van der Waals surface area (Å²) in [6.45, 7) is 4.89. The zero-order valence-corrected chi connectivity index (χ0v) is 19.3. The fourth-order valence-electron chi connectivity index (χ4n) is 5.03. The summed E-state index contributed by atoms with van der Waals surface area (Å²) in [6, 6.07) is 7.30. The van der Waals surface area contributed by atoms with Gasteiger partial charge in [0, 0.05) is 43.0 Å². The predicted molar refractivity (Wildman–Crippen MR) is 124 cm³/mol. The van der Waals surface area contributed by atoms with Crippen LogP contribution in [-0.2, 0) is 4.79 Å². The van der Waals surface area contributed by atoms with E-state index in [1.54, 1.807) is 12.1 Å². The van der Waals surface area contributed by atoms with Crippen molar-refractivity contribution >= 4 is 23.5 Å². The van der Waals surface area contributed by atoms with Gasteiger partial charge in [0.2, 0.25) is 5.91 Å². The highest BCUT2D eigenvalue weighted by molar-refractivity contribution is 6.08. The fraction of sp³-hybridized carbons (Fsp3) is 0.400. The number of piperidine rings is 2. The van der Waals surface area contributed by atoms with E-state index in [4.69, 9.17) is 0 Å². The highest BCUT2D eigenvalue weighted by Gasteiger charge is 2.43. The molecule has 2 saturated heterocycles. The Labute approximate surface area is 196 Å². The molecule has 2 aliphatic heterocycles. The number of urea groups is 1. The molecule has 2 aliphatic rings. The number of aryl methyl sites for hydroxylation is 1. The van der Waals surface area contributed by atoms with Crippen LogP contribution < -0.4 is 16.0 Å². The van der Waals surface area contributed by atoms with Gasteiger partial charge in [-0.05, 0) is 68.0 Å². The van der Waals surface area contributed by atoms with Crippen LogP contribution in [0.1, 0.15) is 47.2 Å². The number of benzene rings is 2. The summed E-state index contributed by atoms with van der Waals surface area (Å²) in [7, 11) is 1.86.